The number of nitrogens with zero attached hydrogens (tertiary/aromatic N) is 1. The Morgan fingerprint density at radius 2 is 1.61 bits per heavy atom. The van der Waals surface area contributed by atoms with Gasteiger partial charge in [-0.3, -0.25) is 14.6 Å². The first kappa shape index (κ1) is 25.4. The Kier molecular flexibility index (Phi) is 7.67. The number of carbonyl (C=O) groups is 3. The Morgan fingerprint density at radius 1 is 0.944 bits per heavy atom. The molecule has 0 amide bonds. The van der Waals surface area contributed by atoms with Crippen LogP contribution in [0.5, 0.6) is 5.75 Å². The number of fused-ring (bicyclic) bond motifs is 1. The maximum Gasteiger partial charge on any atom is 0.336 e. The van der Waals surface area contributed by atoms with E-state index in [4.69, 9.17) is 19.2 Å². The van der Waals surface area contributed by atoms with Crippen molar-refractivity contribution in [3.8, 4) is 5.75 Å². The third kappa shape index (κ3) is 4.57. The van der Waals surface area contributed by atoms with E-state index in [0.29, 0.717) is 29.2 Å². The van der Waals surface area contributed by atoms with Crippen LogP contribution in [0.2, 0.25) is 0 Å². The lowest BCUT2D eigenvalue weighted by Crippen LogP contribution is -2.48. The van der Waals surface area contributed by atoms with Crippen LogP contribution in [0.4, 0.5) is 0 Å². The number of aliphatic imine (C=N–C) groups is 1. The summed E-state index contributed by atoms with van der Waals surface area (Å²) >= 11 is 0. The average Bonchev–Trinajstić information content (AvgIpc) is 2.88. The second-order valence-electron chi connectivity index (χ2n) is 8.87. The molecule has 0 radical (unpaired) electrons. The van der Waals surface area contributed by atoms with E-state index in [1.165, 1.54) is 0 Å². The van der Waals surface area contributed by atoms with Crippen LogP contribution in [-0.4, -0.2) is 43.8 Å². The summed E-state index contributed by atoms with van der Waals surface area (Å²) in [5.74, 6) is -3.74. The molecule has 1 heterocycles. The average molecular weight is 490 g/mol. The van der Waals surface area contributed by atoms with Crippen molar-refractivity contribution in [2.24, 2.45) is 16.8 Å². The van der Waals surface area contributed by atoms with E-state index in [2.05, 4.69) is 0 Å². The summed E-state index contributed by atoms with van der Waals surface area (Å²) in [7, 11) is 1.56. The van der Waals surface area contributed by atoms with Crippen molar-refractivity contribution in [2.45, 2.75) is 39.0 Å². The molecule has 0 N–H and O–H groups in total. The van der Waals surface area contributed by atoms with Crippen LogP contribution in [0.15, 0.2) is 70.9 Å². The van der Waals surface area contributed by atoms with Gasteiger partial charge in [0.2, 0.25) is 0 Å². The van der Waals surface area contributed by atoms with Gasteiger partial charge in [0.15, 0.2) is 5.78 Å². The molecule has 1 saturated carbocycles. The van der Waals surface area contributed by atoms with E-state index in [0.717, 1.165) is 11.1 Å². The molecule has 36 heavy (non-hydrogen) atoms. The molecule has 0 aromatic heterocycles. The minimum atomic E-state index is -1.06. The summed E-state index contributed by atoms with van der Waals surface area (Å²) < 4.78 is 16.3. The van der Waals surface area contributed by atoms with Gasteiger partial charge in [0.05, 0.1) is 31.8 Å². The molecule has 4 rings (SSSR count). The van der Waals surface area contributed by atoms with E-state index in [9.17, 15) is 14.4 Å². The Labute approximate surface area is 211 Å². The Morgan fingerprint density at radius 3 is 2.28 bits per heavy atom. The van der Waals surface area contributed by atoms with Gasteiger partial charge in [0.25, 0.3) is 0 Å². The van der Waals surface area contributed by atoms with Gasteiger partial charge in [-0.15, -0.1) is 0 Å². The monoisotopic (exact) mass is 489 g/mol. The van der Waals surface area contributed by atoms with E-state index < -0.39 is 35.6 Å². The summed E-state index contributed by atoms with van der Waals surface area (Å²) in [6.07, 6.45) is 0.358. The van der Waals surface area contributed by atoms with Gasteiger partial charge >= 0.3 is 11.9 Å². The van der Waals surface area contributed by atoms with Gasteiger partial charge in [0.1, 0.15) is 11.7 Å². The van der Waals surface area contributed by atoms with E-state index in [-0.39, 0.29) is 19.0 Å². The number of allylic oxidation sites excluding steroid dienone is 1. The van der Waals surface area contributed by atoms with Crippen LogP contribution in [-0.2, 0) is 23.9 Å². The number of hydrogen-bond donors (Lipinski definition) is 0. The number of methoxy groups -OCH3 is 1. The molecule has 4 atom stereocenters. The second-order valence-corrected chi connectivity index (χ2v) is 8.87. The van der Waals surface area contributed by atoms with Gasteiger partial charge in [-0.2, -0.15) is 0 Å². The number of esters is 2. The summed E-state index contributed by atoms with van der Waals surface area (Å²) in [5.41, 5.74) is 3.07. The van der Waals surface area contributed by atoms with Gasteiger partial charge in [0, 0.05) is 23.2 Å². The van der Waals surface area contributed by atoms with Crippen molar-refractivity contribution < 1.29 is 28.6 Å². The van der Waals surface area contributed by atoms with Gasteiger partial charge in [-0.25, -0.2) is 4.79 Å². The summed E-state index contributed by atoms with van der Waals surface area (Å²) in [6.45, 7) is 5.58. The highest BCUT2D eigenvalue weighted by molar-refractivity contribution is 6.18. The molecular weight excluding hydrogens is 458 g/mol. The number of benzene rings is 2. The van der Waals surface area contributed by atoms with Crippen LogP contribution in [0, 0.1) is 11.8 Å². The first-order valence-corrected chi connectivity index (χ1v) is 12.3. The van der Waals surface area contributed by atoms with E-state index >= 15 is 0 Å². The second kappa shape index (κ2) is 10.9. The topological polar surface area (TPSA) is 91.3 Å². The predicted molar refractivity (Wildman–Crippen MR) is 135 cm³/mol. The molecule has 2 aliphatic rings. The maximum atomic E-state index is 14.3. The number of carbonyl (C=O) groups excluding carboxylic acids is 3. The summed E-state index contributed by atoms with van der Waals surface area (Å²) in [5, 5.41) is 0. The highest BCUT2D eigenvalue weighted by Crippen LogP contribution is 2.49. The molecule has 7 heteroatoms. The van der Waals surface area contributed by atoms with Gasteiger partial charge in [-0.1, -0.05) is 48.5 Å². The van der Waals surface area contributed by atoms with Crippen LogP contribution in [0.1, 0.15) is 50.2 Å². The molecule has 1 aliphatic carbocycles. The first-order chi connectivity index (χ1) is 17.4. The van der Waals surface area contributed by atoms with Crippen LogP contribution < -0.4 is 4.74 Å². The van der Waals surface area contributed by atoms with Gasteiger partial charge in [-0.05, 0) is 44.4 Å². The van der Waals surface area contributed by atoms with Crippen LogP contribution >= 0.6 is 0 Å². The molecule has 0 spiro atoms. The summed E-state index contributed by atoms with van der Waals surface area (Å²) in [4.78, 5) is 45.4. The lowest BCUT2D eigenvalue weighted by atomic mass is 9.62. The fourth-order valence-electron chi connectivity index (χ4n) is 5.44. The highest BCUT2D eigenvalue weighted by Gasteiger charge is 2.53. The molecule has 1 unspecified atom stereocenters. The molecule has 0 saturated heterocycles. The van der Waals surface area contributed by atoms with Crippen molar-refractivity contribution in [2.75, 3.05) is 20.3 Å². The minimum Gasteiger partial charge on any atom is -0.496 e. The molecule has 188 valence electrons. The normalized spacial score (nSPS) is 23.4. The van der Waals surface area contributed by atoms with Gasteiger partial charge < -0.3 is 14.2 Å². The number of hydrogen-bond acceptors (Lipinski definition) is 7. The molecule has 2 aromatic carbocycles. The first-order valence-electron chi connectivity index (χ1n) is 12.3. The smallest absolute Gasteiger partial charge is 0.336 e. The number of Topliss-reactive ketones (excluding diaryl/α,β-unsaturated/α-hetero) is 1. The van der Waals surface area contributed by atoms with Crippen molar-refractivity contribution in [3.63, 3.8) is 0 Å². The fourth-order valence-corrected chi connectivity index (χ4v) is 5.44. The van der Waals surface area contributed by atoms with E-state index in [1.54, 1.807) is 27.9 Å². The standard InChI is InChI=1S/C29H31NO6/c1-5-35-28(32)23-17(3)30-21-16-20(19-14-10-11-15-22(19)34-4)25(29(33)36-6-2)27(31)26(21)24(23)18-12-8-7-9-13-18/h7-15,20,24-26H,5-6,16H2,1-4H3/t20-,24+,25+,26?/m0/s1. The molecule has 7 nitrogen and oxygen atoms in total. The highest BCUT2D eigenvalue weighted by atomic mass is 16.5. The van der Waals surface area contributed by atoms with E-state index in [1.807, 2.05) is 54.6 Å². The maximum absolute atomic E-state index is 14.3. The number of rotatable bonds is 7. The minimum absolute atomic E-state index is 0.155. The summed E-state index contributed by atoms with van der Waals surface area (Å²) in [6, 6.07) is 16.8. The molecule has 1 aliphatic heterocycles. The number of ether oxygens (including phenoxy) is 3. The lowest BCUT2D eigenvalue weighted by Gasteiger charge is -2.41. The zero-order valence-electron chi connectivity index (χ0n) is 21.0. The fraction of sp³-hybridized carbons (Fsp3) is 0.379. The van der Waals surface area contributed by atoms with Crippen molar-refractivity contribution in [3.05, 3.63) is 77.0 Å². The quantitative estimate of drug-likeness (QED) is 0.416. The number of ketones is 1. The predicted octanol–water partition coefficient (Wildman–Crippen LogP) is 4.62. The zero-order valence-corrected chi connectivity index (χ0v) is 21.0. The SMILES string of the molecule is CCOC(=O)C1=C(C)N=C2C[C@@H](c3ccccc3OC)[C@@H](C(=O)OCC)C(=O)C2[C@@H]1c1ccccc1. The third-order valence-corrected chi connectivity index (χ3v) is 6.88. The lowest BCUT2D eigenvalue weighted by molar-refractivity contribution is -0.153. The molecule has 2 aromatic rings. The van der Waals surface area contributed by atoms with Crippen molar-refractivity contribution in [1.82, 2.24) is 0 Å². The van der Waals surface area contributed by atoms with Crippen molar-refractivity contribution >= 4 is 23.4 Å². The van der Waals surface area contributed by atoms with Crippen LogP contribution in [0.25, 0.3) is 0 Å². The Bertz CT molecular complexity index is 1220. The third-order valence-electron chi connectivity index (χ3n) is 6.88. The Hall–Kier alpha value is -3.74. The molecule has 0 bridgehead atoms. The van der Waals surface area contributed by atoms with Crippen LogP contribution in [0.3, 0.4) is 0 Å². The molecule has 1 fully saturated rings. The largest absolute Gasteiger partial charge is 0.496 e. The molecular formula is C29H31NO6. The Balaban J connectivity index is 1.90. The number of para-hydroxylation sites is 1. The zero-order chi connectivity index (χ0) is 25.8. The van der Waals surface area contributed by atoms with Crippen molar-refractivity contribution in [1.29, 1.82) is 0 Å².